The minimum atomic E-state index is 0.201. The Morgan fingerprint density at radius 3 is 2.76 bits per heavy atom. The molecule has 88 valence electrons. The Morgan fingerprint density at radius 2 is 2.12 bits per heavy atom. The maximum atomic E-state index is 12.0. The molecule has 1 heterocycles. The van der Waals surface area contributed by atoms with Crippen LogP contribution in [0.1, 0.15) is 27.9 Å². The number of rotatable bonds is 4. The third-order valence-corrected chi connectivity index (χ3v) is 2.84. The van der Waals surface area contributed by atoms with Crippen LogP contribution in [-0.2, 0) is 13.5 Å². The molecular weight excluding hydrogens is 212 g/mol. The van der Waals surface area contributed by atoms with Gasteiger partial charge < -0.3 is 0 Å². The van der Waals surface area contributed by atoms with Gasteiger partial charge in [0.1, 0.15) is 0 Å². The van der Waals surface area contributed by atoms with Crippen molar-refractivity contribution in [2.75, 3.05) is 0 Å². The Bertz CT molecular complexity index is 529. The molecule has 17 heavy (non-hydrogen) atoms. The van der Waals surface area contributed by atoms with Gasteiger partial charge in [-0.05, 0) is 24.5 Å². The van der Waals surface area contributed by atoms with Crippen molar-refractivity contribution in [1.29, 1.82) is 0 Å². The number of nitrogens with zero attached hydrogens (tertiary/aromatic N) is 2. The van der Waals surface area contributed by atoms with Crippen LogP contribution in [-0.4, -0.2) is 15.6 Å². The molecule has 0 N–H and O–H groups in total. The molecule has 0 atom stereocenters. The van der Waals surface area contributed by atoms with E-state index in [-0.39, 0.29) is 5.78 Å². The lowest BCUT2D eigenvalue weighted by Gasteiger charge is -2.03. The fourth-order valence-corrected chi connectivity index (χ4v) is 1.88. The van der Waals surface area contributed by atoms with Crippen molar-refractivity contribution in [3.8, 4) is 0 Å². The van der Waals surface area contributed by atoms with E-state index < -0.39 is 0 Å². The van der Waals surface area contributed by atoms with Crippen LogP contribution in [0.25, 0.3) is 0 Å². The van der Waals surface area contributed by atoms with Crippen molar-refractivity contribution < 1.29 is 4.79 Å². The first kappa shape index (κ1) is 11.6. The Balaban J connectivity index is 2.01. The molecule has 3 nitrogen and oxygen atoms in total. The molecule has 0 spiro atoms. The first-order valence-corrected chi connectivity index (χ1v) is 5.73. The second-order valence-corrected chi connectivity index (χ2v) is 4.26. The van der Waals surface area contributed by atoms with Gasteiger partial charge in [-0.25, -0.2) is 0 Å². The molecule has 0 aliphatic rings. The molecule has 0 radical (unpaired) electrons. The van der Waals surface area contributed by atoms with E-state index in [1.54, 1.807) is 4.68 Å². The summed E-state index contributed by atoms with van der Waals surface area (Å²) in [5.74, 6) is 0.201. The molecule has 0 amide bonds. The maximum absolute atomic E-state index is 12.0. The third kappa shape index (κ3) is 2.81. The number of aromatic nitrogens is 2. The first-order valence-electron chi connectivity index (χ1n) is 5.73. The maximum Gasteiger partial charge on any atom is 0.163 e. The Hall–Kier alpha value is -1.90. The van der Waals surface area contributed by atoms with Gasteiger partial charge in [-0.2, -0.15) is 5.10 Å². The van der Waals surface area contributed by atoms with Crippen LogP contribution in [0.2, 0.25) is 0 Å². The van der Waals surface area contributed by atoms with Crippen molar-refractivity contribution in [2.45, 2.75) is 19.8 Å². The van der Waals surface area contributed by atoms with E-state index in [1.807, 2.05) is 50.6 Å². The summed E-state index contributed by atoms with van der Waals surface area (Å²) in [5, 5.41) is 4.09. The van der Waals surface area contributed by atoms with Crippen LogP contribution >= 0.6 is 0 Å². The SMILES string of the molecule is Cc1ccccc1C(=O)CCc1cnn(C)c1. The largest absolute Gasteiger partial charge is 0.294 e. The molecule has 0 aliphatic heterocycles. The molecule has 0 bridgehead atoms. The number of benzene rings is 1. The fourth-order valence-electron chi connectivity index (χ4n) is 1.88. The monoisotopic (exact) mass is 228 g/mol. The molecule has 0 aliphatic carbocycles. The van der Waals surface area contributed by atoms with Crippen LogP contribution in [0.3, 0.4) is 0 Å². The van der Waals surface area contributed by atoms with Crippen molar-refractivity contribution >= 4 is 5.78 Å². The molecule has 1 aromatic carbocycles. The third-order valence-electron chi connectivity index (χ3n) is 2.84. The molecular formula is C14H16N2O. The van der Waals surface area contributed by atoms with Crippen LogP contribution in [0, 0.1) is 6.92 Å². The second kappa shape index (κ2) is 4.95. The van der Waals surface area contributed by atoms with E-state index in [4.69, 9.17) is 0 Å². The molecule has 1 aromatic heterocycles. The highest BCUT2D eigenvalue weighted by molar-refractivity contribution is 5.97. The van der Waals surface area contributed by atoms with Crippen LogP contribution in [0.4, 0.5) is 0 Å². The minimum Gasteiger partial charge on any atom is -0.294 e. The van der Waals surface area contributed by atoms with E-state index in [2.05, 4.69) is 5.10 Å². The minimum absolute atomic E-state index is 0.201. The quantitative estimate of drug-likeness (QED) is 0.754. The van der Waals surface area contributed by atoms with E-state index >= 15 is 0 Å². The summed E-state index contributed by atoms with van der Waals surface area (Å²) in [7, 11) is 1.88. The number of Topliss-reactive ketones (excluding diaryl/α,β-unsaturated/α-hetero) is 1. The van der Waals surface area contributed by atoms with E-state index in [0.717, 1.165) is 23.1 Å². The summed E-state index contributed by atoms with van der Waals surface area (Å²) in [6, 6.07) is 7.72. The smallest absolute Gasteiger partial charge is 0.163 e. The van der Waals surface area contributed by atoms with Crippen molar-refractivity contribution in [3.63, 3.8) is 0 Å². The van der Waals surface area contributed by atoms with Gasteiger partial charge in [-0.15, -0.1) is 0 Å². The van der Waals surface area contributed by atoms with Gasteiger partial charge in [0.15, 0.2) is 5.78 Å². The fraction of sp³-hybridized carbons (Fsp3) is 0.286. The average molecular weight is 228 g/mol. The van der Waals surface area contributed by atoms with E-state index in [0.29, 0.717) is 6.42 Å². The standard InChI is InChI=1S/C14H16N2O/c1-11-5-3-4-6-13(11)14(17)8-7-12-9-15-16(2)10-12/h3-6,9-10H,7-8H2,1-2H3. The predicted octanol–water partition coefficient (Wildman–Crippen LogP) is 2.54. The Morgan fingerprint density at radius 1 is 1.35 bits per heavy atom. The van der Waals surface area contributed by atoms with Crippen LogP contribution in [0.5, 0.6) is 0 Å². The zero-order valence-corrected chi connectivity index (χ0v) is 10.2. The molecule has 0 fully saturated rings. The number of hydrogen-bond donors (Lipinski definition) is 0. The highest BCUT2D eigenvalue weighted by Crippen LogP contribution is 2.12. The highest BCUT2D eigenvalue weighted by Gasteiger charge is 2.08. The van der Waals surface area contributed by atoms with Gasteiger partial charge in [0.05, 0.1) is 6.20 Å². The Labute approximate surface area is 101 Å². The number of ketones is 1. The van der Waals surface area contributed by atoms with Gasteiger partial charge in [-0.1, -0.05) is 24.3 Å². The lowest BCUT2D eigenvalue weighted by Crippen LogP contribution is -2.02. The lowest BCUT2D eigenvalue weighted by molar-refractivity contribution is 0.0982. The van der Waals surface area contributed by atoms with Gasteiger partial charge in [0.25, 0.3) is 0 Å². The van der Waals surface area contributed by atoms with Gasteiger partial charge in [0, 0.05) is 25.2 Å². The molecule has 3 heteroatoms. The van der Waals surface area contributed by atoms with E-state index in [1.165, 1.54) is 0 Å². The topological polar surface area (TPSA) is 34.9 Å². The molecule has 0 saturated heterocycles. The summed E-state index contributed by atoms with van der Waals surface area (Å²) in [6.45, 7) is 1.97. The van der Waals surface area contributed by atoms with Crippen molar-refractivity contribution in [1.82, 2.24) is 9.78 Å². The first-order chi connectivity index (χ1) is 8.16. The van der Waals surface area contributed by atoms with Crippen LogP contribution < -0.4 is 0 Å². The lowest BCUT2D eigenvalue weighted by atomic mass is 10.0. The zero-order chi connectivity index (χ0) is 12.3. The predicted molar refractivity (Wildman–Crippen MR) is 67.0 cm³/mol. The van der Waals surface area contributed by atoms with Gasteiger partial charge in [-0.3, -0.25) is 9.48 Å². The van der Waals surface area contributed by atoms with Crippen molar-refractivity contribution in [3.05, 3.63) is 53.3 Å². The van der Waals surface area contributed by atoms with Gasteiger partial charge in [0.2, 0.25) is 0 Å². The summed E-state index contributed by atoms with van der Waals surface area (Å²) in [5.41, 5.74) is 2.98. The van der Waals surface area contributed by atoms with Gasteiger partial charge >= 0.3 is 0 Å². The number of hydrogen-bond acceptors (Lipinski definition) is 2. The summed E-state index contributed by atoms with van der Waals surface area (Å²) in [6.07, 6.45) is 5.05. The Kier molecular flexibility index (Phi) is 3.38. The second-order valence-electron chi connectivity index (χ2n) is 4.26. The molecule has 2 rings (SSSR count). The highest BCUT2D eigenvalue weighted by atomic mass is 16.1. The normalized spacial score (nSPS) is 10.5. The number of carbonyl (C=O) groups excluding carboxylic acids is 1. The van der Waals surface area contributed by atoms with Crippen LogP contribution in [0.15, 0.2) is 36.7 Å². The summed E-state index contributed by atoms with van der Waals surface area (Å²) in [4.78, 5) is 12.0. The summed E-state index contributed by atoms with van der Waals surface area (Å²) < 4.78 is 1.76. The van der Waals surface area contributed by atoms with E-state index in [9.17, 15) is 4.79 Å². The molecule has 2 aromatic rings. The zero-order valence-electron chi connectivity index (χ0n) is 10.2. The number of aryl methyl sites for hydroxylation is 3. The molecule has 0 unspecified atom stereocenters. The summed E-state index contributed by atoms with van der Waals surface area (Å²) >= 11 is 0. The average Bonchev–Trinajstić information content (AvgIpc) is 2.73. The van der Waals surface area contributed by atoms with Crippen molar-refractivity contribution in [2.24, 2.45) is 7.05 Å². The molecule has 0 saturated carbocycles. The number of carbonyl (C=O) groups is 1.